The topological polar surface area (TPSA) is 63.6 Å². The van der Waals surface area contributed by atoms with Crippen molar-refractivity contribution in [3.63, 3.8) is 0 Å². The van der Waals surface area contributed by atoms with Crippen LogP contribution >= 0.6 is 15.9 Å². The molecule has 0 unspecified atom stereocenters. The molecular formula is C20H19BrO4. The number of methoxy groups -OCH3 is 1. The molecule has 0 saturated heterocycles. The quantitative estimate of drug-likeness (QED) is 0.779. The van der Waals surface area contributed by atoms with Gasteiger partial charge in [-0.1, -0.05) is 40.7 Å². The van der Waals surface area contributed by atoms with E-state index in [2.05, 4.69) is 22.5 Å². The van der Waals surface area contributed by atoms with Crippen LogP contribution in [0.25, 0.3) is 0 Å². The van der Waals surface area contributed by atoms with Crippen LogP contribution in [0.2, 0.25) is 0 Å². The molecule has 0 aromatic heterocycles. The van der Waals surface area contributed by atoms with Crippen LogP contribution in [0.15, 0.2) is 54.2 Å². The van der Waals surface area contributed by atoms with Crippen molar-refractivity contribution >= 4 is 27.5 Å². The van der Waals surface area contributed by atoms with E-state index in [-0.39, 0.29) is 17.3 Å². The number of carbonyl (C=O) groups excluding carboxylic acids is 2. The molecule has 5 heteroatoms. The highest BCUT2D eigenvalue weighted by Gasteiger charge is 2.57. The van der Waals surface area contributed by atoms with E-state index in [9.17, 15) is 14.7 Å². The molecule has 2 aliphatic rings. The maximum atomic E-state index is 13.1. The fourth-order valence-corrected chi connectivity index (χ4v) is 5.02. The molecule has 25 heavy (non-hydrogen) atoms. The van der Waals surface area contributed by atoms with Gasteiger partial charge in [-0.25, -0.2) is 0 Å². The van der Waals surface area contributed by atoms with Crippen molar-refractivity contribution < 1.29 is 19.4 Å². The predicted molar refractivity (Wildman–Crippen MR) is 99.2 cm³/mol. The molecule has 3 atom stereocenters. The van der Waals surface area contributed by atoms with Crippen LogP contribution in [0, 0.1) is 5.92 Å². The number of rotatable bonds is 3. The molecule has 0 spiro atoms. The van der Waals surface area contributed by atoms with Gasteiger partial charge in [0.25, 0.3) is 0 Å². The highest BCUT2D eigenvalue weighted by molar-refractivity contribution is 9.10. The van der Waals surface area contributed by atoms with Gasteiger partial charge >= 0.3 is 0 Å². The molecule has 0 bridgehead atoms. The van der Waals surface area contributed by atoms with Gasteiger partial charge in [0, 0.05) is 23.5 Å². The molecular weight excluding hydrogens is 384 g/mol. The zero-order valence-corrected chi connectivity index (χ0v) is 15.7. The van der Waals surface area contributed by atoms with Crippen LogP contribution in [-0.2, 0) is 9.59 Å². The Kier molecular flexibility index (Phi) is 4.45. The summed E-state index contributed by atoms with van der Waals surface area (Å²) in [6.07, 6.45) is 5.47. The number of hydrogen-bond acceptors (Lipinski definition) is 4. The Bertz CT molecular complexity index is 836. The summed E-state index contributed by atoms with van der Waals surface area (Å²) >= 11 is 3.63. The molecule has 0 radical (unpaired) electrons. The van der Waals surface area contributed by atoms with Crippen molar-refractivity contribution in [2.75, 3.05) is 7.11 Å². The summed E-state index contributed by atoms with van der Waals surface area (Å²) in [6.45, 7) is 5.50. The largest absolute Gasteiger partial charge is 0.508 e. The standard InChI is InChI=1S/C20H19BrO4/c1-4-12-5-8-15-17(23)9-11(2)19(24)20(15,21)18(12)14-7-6-13(25-3)10-16(14)22/h4-7,9-10,15,18,22H,1,8H2,2-3H3/t15-,18+,20-/m0/s1. The normalized spacial score (nSPS) is 28.8. The number of phenolic OH excluding ortho intramolecular Hbond substituents is 1. The molecule has 3 rings (SSSR count). The number of hydrogen-bond donors (Lipinski definition) is 1. The summed E-state index contributed by atoms with van der Waals surface area (Å²) in [5.41, 5.74) is 1.79. The SMILES string of the molecule is C=CC1=CC[C@H]2C(=O)C=C(C)C(=O)[C@@]2(Br)[C@H]1c1ccc(OC)cc1O. The number of alkyl halides is 1. The molecule has 1 aromatic carbocycles. The lowest BCUT2D eigenvalue weighted by Crippen LogP contribution is -2.53. The Morgan fingerprint density at radius 1 is 1.40 bits per heavy atom. The Morgan fingerprint density at radius 2 is 2.12 bits per heavy atom. The van der Waals surface area contributed by atoms with Crippen molar-refractivity contribution in [3.05, 3.63) is 59.7 Å². The minimum absolute atomic E-state index is 0.0176. The van der Waals surface area contributed by atoms with Crippen LogP contribution in [0.4, 0.5) is 0 Å². The summed E-state index contributed by atoms with van der Waals surface area (Å²) in [6, 6.07) is 4.97. The first-order valence-electron chi connectivity index (χ1n) is 7.99. The number of aromatic hydroxyl groups is 1. The summed E-state index contributed by atoms with van der Waals surface area (Å²) in [4.78, 5) is 25.6. The van der Waals surface area contributed by atoms with Gasteiger partial charge in [-0.15, -0.1) is 0 Å². The minimum Gasteiger partial charge on any atom is -0.508 e. The van der Waals surface area contributed by atoms with E-state index in [1.807, 2.05) is 6.08 Å². The maximum absolute atomic E-state index is 13.1. The molecule has 4 nitrogen and oxygen atoms in total. The van der Waals surface area contributed by atoms with E-state index in [0.29, 0.717) is 23.3 Å². The first kappa shape index (κ1) is 17.7. The van der Waals surface area contributed by atoms with Gasteiger partial charge in [0.1, 0.15) is 15.8 Å². The van der Waals surface area contributed by atoms with Crippen molar-refractivity contribution in [1.29, 1.82) is 0 Å². The second kappa shape index (κ2) is 6.30. The lowest BCUT2D eigenvalue weighted by molar-refractivity contribution is -0.128. The van der Waals surface area contributed by atoms with Gasteiger partial charge in [-0.05, 0) is 36.6 Å². The number of Topliss-reactive ketones (excluding diaryl/α,β-unsaturated/α-hetero) is 1. The number of fused-ring (bicyclic) bond motifs is 1. The van der Waals surface area contributed by atoms with Crippen LogP contribution < -0.4 is 4.74 Å². The molecule has 0 aliphatic heterocycles. The second-order valence-electron chi connectivity index (χ2n) is 6.38. The van der Waals surface area contributed by atoms with Gasteiger partial charge < -0.3 is 9.84 Å². The Morgan fingerprint density at radius 3 is 2.72 bits per heavy atom. The van der Waals surface area contributed by atoms with E-state index in [0.717, 1.165) is 5.57 Å². The highest BCUT2D eigenvalue weighted by Crippen LogP contribution is 2.55. The third kappa shape index (κ3) is 2.58. The fourth-order valence-electron chi connectivity index (χ4n) is 3.78. The number of allylic oxidation sites excluding steroid dienone is 5. The zero-order valence-electron chi connectivity index (χ0n) is 14.1. The molecule has 0 amide bonds. The maximum Gasteiger partial charge on any atom is 0.177 e. The molecule has 1 aromatic rings. The van der Waals surface area contributed by atoms with Crippen molar-refractivity contribution in [1.82, 2.24) is 0 Å². The van der Waals surface area contributed by atoms with E-state index < -0.39 is 16.2 Å². The van der Waals surface area contributed by atoms with Gasteiger partial charge in [-0.2, -0.15) is 0 Å². The smallest absolute Gasteiger partial charge is 0.177 e. The fraction of sp³-hybridized carbons (Fsp3) is 0.300. The van der Waals surface area contributed by atoms with Gasteiger partial charge in [0.05, 0.1) is 7.11 Å². The number of benzene rings is 1. The van der Waals surface area contributed by atoms with Crippen LogP contribution in [0.5, 0.6) is 11.5 Å². The van der Waals surface area contributed by atoms with Crippen LogP contribution in [0.3, 0.4) is 0 Å². The lowest BCUT2D eigenvalue weighted by Gasteiger charge is -2.45. The molecule has 1 N–H and O–H groups in total. The Hall–Kier alpha value is -2.14. The van der Waals surface area contributed by atoms with E-state index in [4.69, 9.17) is 4.74 Å². The van der Waals surface area contributed by atoms with Gasteiger partial charge in [0.15, 0.2) is 11.6 Å². The Labute approximate surface area is 155 Å². The molecule has 0 heterocycles. The number of phenols is 1. The predicted octanol–water partition coefficient (Wildman–Crippen LogP) is 3.85. The molecule has 0 saturated carbocycles. The third-order valence-corrected chi connectivity index (χ3v) is 6.41. The third-order valence-electron chi connectivity index (χ3n) is 5.04. The van der Waals surface area contributed by atoms with Crippen LogP contribution in [0.1, 0.15) is 24.8 Å². The van der Waals surface area contributed by atoms with E-state index in [1.165, 1.54) is 19.3 Å². The first-order chi connectivity index (χ1) is 11.8. The van der Waals surface area contributed by atoms with E-state index >= 15 is 0 Å². The van der Waals surface area contributed by atoms with Gasteiger partial charge in [0.2, 0.25) is 0 Å². The summed E-state index contributed by atoms with van der Waals surface area (Å²) in [7, 11) is 1.52. The van der Waals surface area contributed by atoms with Crippen molar-refractivity contribution in [2.45, 2.75) is 23.6 Å². The summed E-state index contributed by atoms with van der Waals surface area (Å²) in [5.74, 6) is -0.711. The molecule has 130 valence electrons. The number of halogens is 1. The molecule has 0 fully saturated rings. The van der Waals surface area contributed by atoms with Crippen molar-refractivity contribution in [3.8, 4) is 11.5 Å². The zero-order chi connectivity index (χ0) is 18.4. The lowest BCUT2D eigenvalue weighted by atomic mass is 9.62. The number of ketones is 2. The van der Waals surface area contributed by atoms with E-state index in [1.54, 1.807) is 25.1 Å². The monoisotopic (exact) mass is 402 g/mol. The average molecular weight is 403 g/mol. The van der Waals surface area contributed by atoms with Crippen LogP contribution in [-0.4, -0.2) is 28.1 Å². The minimum atomic E-state index is -1.13. The van der Waals surface area contributed by atoms with Crippen molar-refractivity contribution in [2.24, 2.45) is 5.92 Å². The summed E-state index contributed by atoms with van der Waals surface area (Å²) < 4.78 is 4.01. The highest BCUT2D eigenvalue weighted by atomic mass is 79.9. The number of ether oxygens (including phenoxy) is 1. The molecule has 2 aliphatic carbocycles. The number of carbonyl (C=O) groups is 2. The second-order valence-corrected chi connectivity index (χ2v) is 7.69. The summed E-state index contributed by atoms with van der Waals surface area (Å²) in [5, 5.41) is 10.5. The van der Waals surface area contributed by atoms with Gasteiger partial charge in [-0.3, -0.25) is 9.59 Å². The first-order valence-corrected chi connectivity index (χ1v) is 8.79. The average Bonchev–Trinajstić information content (AvgIpc) is 2.59. The Balaban J connectivity index is 2.24.